The average Bonchev–Trinajstić information content (AvgIpc) is 3.26. The van der Waals surface area contributed by atoms with Crippen LogP contribution < -0.4 is 14.8 Å². The van der Waals surface area contributed by atoms with Gasteiger partial charge in [-0.25, -0.2) is 9.18 Å². The van der Waals surface area contributed by atoms with Crippen molar-refractivity contribution in [2.24, 2.45) is 22.9 Å². The topological polar surface area (TPSA) is 139 Å². The number of unbranched alkanes of at least 4 members (excludes halogenated alkanes) is 10. The van der Waals surface area contributed by atoms with Crippen LogP contribution in [0.2, 0.25) is 0 Å². The number of oxime groups is 1. The van der Waals surface area contributed by atoms with Crippen molar-refractivity contribution in [1.29, 1.82) is 0 Å². The Hall–Kier alpha value is -4.26. The maximum Gasteiger partial charge on any atom is 0.412 e. The fraction of sp³-hybridized carbons (Fsp3) is 0.620. The Bertz CT molecular complexity index is 1790. The van der Waals surface area contributed by atoms with Gasteiger partial charge >= 0.3 is 6.09 Å². The van der Waals surface area contributed by atoms with E-state index in [0.717, 1.165) is 68.1 Å². The summed E-state index contributed by atoms with van der Waals surface area (Å²) in [6, 6.07) is 11.0. The number of rotatable bonds is 27. The van der Waals surface area contributed by atoms with E-state index >= 15 is 0 Å². The van der Waals surface area contributed by atoms with E-state index in [1.54, 1.807) is 24.3 Å². The van der Waals surface area contributed by atoms with Gasteiger partial charge in [0, 0.05) is 50.6 Å². The van der Waals surface area contributed by atoms with Gasteiger partial charge in [-0.1, -0.05) is 101 Å². The second kappa shape index (κ2) is 25.1. The highest BCUT2D eigenvalue weighted by Gasteiger charge is 2.65. The molecule has 0 radical (unpaired) electrons. The molecule has 0 spiro atoms. The lowest BCUT2D eigenvalue weighted by atomic mass is 9.55. The van der Waals surface area contributed by atoms with Crippen LogP contribution in [-0.4, -0.2) is 78.1 Å². The summed E-state index contributed by atoms with van der Waals surface area (Å²) in [5, 5.41) is 27.2. The number of allylic oxidation sites excluding steroid dienone is 1. The van der Waals surface area contributed by atoms with Crippen molar-refractivity contribution in [3.05, 3.63) is 83.7 Å². The summed E-state index contributed by atoms with van der Waals surface area (Å²) in [6.45, 7) is 8.97. The Morgan fingerprint density at radius 1 is 0.952 bits per heavy atom. The molecule has 0 aromatic heterocycles. The van der Waals surface area contributed by atoms with Crippen LogP contribution in [0.15, 0.2) is 71.9 Å². The first-order valence-electron chi connectivity index (χ1n) is 23.4. The summed E-state index contributed by atoms with van der Waals surface area (Å²) in [5.41, 5.74) is 3.22. The monoisotopic (exact) mass is 862 g/mol. The molecule has 2 aromatic carbocycles. The molecule has 1 fully saturated rings. The molecular weight excluding hydrogens is 790 g/mol. The Balaban J connectivity index is 1.66. The predicted molar refractivity (Wildman–Crippen MR) is 240 cm³/mol. The molecule has 1 heterocycles. The number of aliphatic hydroxyl groups is 2. The molecule has 12 heteroatoms. The zero-order valence-corrected chi connectivity index (χ0v) is 37.5. The highest BCUT2D eigenvalue weighted by molar-refractivity contribution is 6.03. The van der Waals surface area contributed by atoms with Crippen LogP contribution in [0.25, 0.3) is 0 Å². The van der Waals surface area contributed by atoms with Crippen LogP contribution >= 0.6 is 0 Å². The summed E-state index contributed by atoms with van der Waals surface area (Å²) in [5.74, 6) is -1.64. The molecule has 1 saturated carbocycles. The van der Waals surface area contributed by atoms with Crippen molar-refractivity contribution in [3.63, 3.8) is 0 Å². The number of halogens is 1. The molecule has 2 amide bonds. The quantitative estimate of drug-likeness (QED) is 0.0459. The molecule has 1 aliphatic heterocycles. The number of ether oxygens (including phenoxy) is 3. The van der Waals surface area contributed by atoms with Gasteiger partial charge in [0.1, 0.15) is 30.5 Å². The number of carbonyl (C=O) groups is 2. The summed E-state index contributed by atoms with van der Waals surface area (Å²) in [4.78, 5) is 35.1. The third-order valence-electron chi connectivity index (χ3n) is 12.8. The summed E-state index contributed by atoms with van der Waals surface area (Å²) >= 11 is 0. The van der Waals surface area contributed by atoms with E-state index < -0.39 is 23.8 Å². The number of hydrogen-bond acceptors (Lipinski definition) is 9. The molecular formula is C50H72FN3O8. The first-order chi connectivity index (χ1) is 30.2. The Kier molecular flexibility index (Phi) is 19.8. The third kappa shape index (κ3) is 12.5. The van der Waals surface area contributed by atoms with E-state index in [9.17, 15) is 24.2 Å². The van der Waals surface area contributed by atoms with Crippen molar-refractivity contribution in [1.82, 2.24) is 10.2 Å². The molecule has 5 rings (SSSR count). The van der Waals surface area contributed by atoms with Gasteiger partial charge in [0.25, 0.3) is 0 Å². The molecule has 3 aliphatic rings. The van der Waals surface area contributed by atoms with Gasteiger partial charge < -0.3 is 39.5 Å². The second-order valence-corrected chi connectivity index (χ2v) is 17.1. The SMILES string of the molecule is C=CCOC12Oc3ccc(OC(=O)NCC)cc3C3C(CCCCO)C(CCCCO)C=C(C(=NOC)CC1N(Cc1ccc(F)cc1)C(=O)CCCCCCCCCCC)C32. The van der Waals surface area contributed by atoms with Crippen LogP contribution in [-0.2, 0) is 20.9 Å². The van der Waals surface area contributed by atoms with Gasteiger partial charge in [-0.3, -0.25) is 4.79 Å². The summed E-state index contributed by atoms with van der Waals surface area (Å²) in [7, 11) is 1.53. The minimum absolute atomic E-state index is 0.00818. The summed E-state index contributed by atoms with van der Waals surface area (Å²) < 4.78 is 34.5. The lowest BCUT2D eigenvalue weighted by Crippen LogP contribution is -2.70. The van der Waals surface area contributed by atoms with Gasteiger partial charge in [0.15, 0.2) is 0 Å². The van der Waals surface area contributed by atoms with Crippen LogP contribution in [0.5, 0.6) is 11.5 Å². The molecule has 2 aliphatic carbocycles. The van der Waals surface area contributed by atoms with Gasteiger partial charge in [-0.05, 0) is 92.3 Å². The Labute approximate surface area is 369 Å². The zero-order chi connectivity index (χ0) is 44.3. The van der Waals surface area contributed by atoms with Crippen LogP contribution in [0.3, 0.4) is 0 Å². The predicted octanol–water partition coefficient (Wildman–Crippen LogP) is 10.1. The van der Waals surface area contributed by atoms with Crippen molar-refractivity contribution < 1.29 is 43.2 Å². The van der Waals surface area contributed by atoms with E-state index in [2.05, 4.69) is 30.1 Å². The third-order valence-corrected chi connectivity index (χ3v) is 12.8. The lowest BCUT2D eigenvalue weighted by Gasteiger charge is -2.60. The minimum Gasteiger partial charge on any atom is -0.459 e. The minimum atomic E-state index is -1.44. The van der Waals surface area contributed by atoms with Crippen molar-refractivity contribution in [3.8, 4) is 11.5 Å². The van der Waals surface area contributed by atoms with Gasteiger partial charge in [0.2, 0.25) is 11.7 Å². The zero-order valence-electron chi connectivity index (χ0n) is 37.5. The number of hydrogen-bond donors (Lipinski definition) is 3. The average molecular weight is 862 g/mol. The Morgan fingerprint density at radius 2 is 1.65 bits per heavy atom. The van der Waals surface area contributed by atoms with E-state index in [-0.39, 0.29) is 62.3 Å². The fourth-order valence-electron chi connectivity index (χ4n) is 10.00. The van der Waals surface area contributed by atoms with Crippen LogP contribution in [0, 0.1) is 23.6 Å². The molecule has 342 valence electrons. The molecule has 3 N–H and O–H groups in total. The smallest absolute Gasteiger partial charge is 0.412 e. The first-order valence-corrected chi connectivity index (χ1v) is 23.4. The Morgan fingerprint density at radius 3 is 2.31 bits per heavy atom. The number of fused-ring (bicyclic) bond motifs is 2. The van der Waals surface area contributed by atoms with Gasteiger partial charge in [0.05, 0.1) is 18.2 Å². The molecule has 0 saturated heterocycles. The molecule has 2 aromatic rings. The van der Waals surface area contributed by atoms with Crippen molar-refractivity contribution in [2.75, 3.05) is 33.5 Å². The lowest BCUT2D eigenvalue weighted by molar-refractivity contribution is -0.258. The molecule has 6 atom stereocenters. The standard InChI is InChI=1S/C50H72FN3O8/c1-5-8-9-10-11-12-13-14-15-22-46(57)54(35-36-23-25-38(51)26-24-36)45-34-43(53-59-4)41-32-37(20-16-18-29-55)40(21-17-19-30-56)47-42-33-39(61-49(58)52-7-3)27-28-44(42)62-50(45,48(41)47)60-31-6-2/h6,23-28,32-33,37,40,45,47-48,55-56H,2,5,7-22,29-31,34-35H2,1,3-4H3,(H,52,58). The van der Waals surface area contributed by atoms with Crippen molar-refractivity contribution >= 4 is 17.7 Å². The number of nitrogens with one attached hydrogen (secondary N) is 1. The second-order valence-electron chi connectivity index (χ2n) is 17.1. The number of amides is 2. The van der Waals surface area contributed by atoms with Gasteiger partial charge in [-0.15, -0.1) is 6.58 Å². The van der Waals surface area contributed by atoms with E-state index in [1.807, 2.05) is 24.0 Å². The fourth-order valence-corrected chi connectivity index (χ4v) is 10.00. The normalized spacial score (nSPS) is 23.1. The molecule has 62 heavy (non-hydrogen) atoms. The summed E-state index contributed by atoms with van der Waals surface area (Å²) in [6.07, 6.45) is 18.6. The molecule has 6 unspecified atom stereocenters. The van der Waals surface area contributed by atoms with Crippen molar-refractivity contribution in [2.45, 2.75) is 147 Å². The number of aliphatic hydroxyl groups excluding tert-OH is 2. The number of benzene rings is 2. The van der Waals surface area contributed by atoms with E-state index in [4.69, 9.17) is 19.0 Å². The first kappa shape index (κ1) is 48.8. The maximum absolute atomic E-state index is 14.9. The van der Waals surface area contributed by atoms with E-state index in [0.29, 0.717) is 43.0 Å². The molecule has 11 nitrogen and oxygen atoms in total. The largest absolute Gasteiger partial charge is 0.459 e. The van der Waals surface area contributed by atoms with Crippen LogP contribution in [0.1, 0.15) is 140 Å². The van der Waals surface area contributed by atoms with E-state index in [1.165, 1.54) is 51.3 Å². The van der Waals surface area contributed by atoms with Gasteiger partial charge in [-0.2, -0.15) is 0 Å². The number of nitrogens with zero attached hydrogens (tertiary/aromatic N) is 2. The molecule has 0 bridgehead atoms. The van der Waals surface area contributed by atoms with Crippen LogP contribution in [0.4, 0.5) is 9.18 Å². The highest BCUT2D eigenvalue weighted by atomic mass is 19.1. The maximum atomic E-state index is 14.9. The highest BCUT2D eigenvalue weighted by Crippen LogP contribution is 2.62. The number of carbonyl (C=O) groups excluding carboxylic acids is 2.